The van der Waals surface area contributed by atoms with E-state index in [4.69, 9.17) is 0 Å². The Morgan fingerprint density at radius 2 is 2.09 bits per heavy atom. The minimum atomic E-state index is 0.213. The quantitative estimate of drug-likeness (QED) is 0.826. The van der Waals surface area contributed by atoms with Gasteiger partial charge in [0.2, 0.25) is 0 Å². The molecule has 1 aromatic carbocycles. The predicted molar refractivity (Wildman–Crippen MR) is 90.2 cm³/mol. The van der Waals surface area contributed by atoms with E-state index in [-0.39, 0.29) is 5.91 Å². The van der Waals surface area contributed by atoms with Crippen LogP contribution in [-0.2, 0) is 11.2 Å². The molecule has 1 aliphatic heterocycles. The van der Waals surface area contributed by atoms with E-state index in [1.165, 1.54) is 17.6 Å². The fraction of sp³-hybridized carbons (Fsp3) is 0.400. The first kappa shape index (κ1) is 15.1. The molecular formula is C20H24NO. The van der Waals surface area contributed by atoms with Gasteiger partial charge in [0.15, 0.2) is 0 Å². The number of allylic oxidation sites excluding steroid dienone is 2. The molecule has 0 aromatic heterocycles. The van der Waals surface area contributed by atoms with Crippen LogP contribution in [0, 0.1) is 12.3 Å². The van der Waals surface area contributed by atoms with Crippen molar-refractivity contribution in [2.45, 2.75) is 32.6 Å². The predicted octanol–water partition coefficient (Wildman–Crippen LogP) is 3.95. The van der Waals surface area contributed by atoms with Crippen molar-refractivity contribution in [1.29, 1.82) is 0 Å². The first-order valence-electron chi connectivity index (χ1n) is 8.29. The highest BCUT2D eigenvalue weighted by atomic mass is 16.2. The molecule has 1 heterocycles. The average molecular weight is 294 g/mol. The summed E-state index contributed by atoms with van der Waals surface area (Å²) < 4.78 is 0. The summed E-state index contributed by atoms with van der Waals surface area (Å²) in [5.74, 6) is 0.839. The number of likely N-dealkylation sites (tertiary alicyclic amines) is 1. The zero-order valence-electron chi connectivity index (χ0n) is 13.3. The molecule has 22 heavy (non-hydrogen) atoms. The lowest BCUT2D eigenvalue weighted by Crippen LogP contribution is -2.39. The van der Waals surface area contributed by atoms with Crippen LogP contribution in [0.15, 0.2) is 53.6 Å². The number of hydrogen-bond acceptors (Lipinski definition) is 1. The Balaban J connectivity index is 1.68. The summed E-state index contributed by atoms with van der Waals surface area (Å²) in [5, 5.41) is 0. The molecule has 115 valence electrons. The lowest BCUT2D eigenvalue weighted by molar-refractivity contribution is -0.128. The van der Waals surface area contributed by atoms with E-state index < -0.39 is 0 Å². The first-order valence-corrected chi connectivity index (χ1v) is 8.29. The molecule has 0 spiro atoms. The van der Waals surface area contributed by atoms with Crippen LogP contribution in [0.2, 0.25) is 0 Å². The van der Waals surface area contributed by atoms with Crippen molar-refractivity contribution in [2.75, 3.05) is 13.1 Å². The molecule has 3 rings (SSSR count). The maximum Gasteiger partial charge on any atom is 0.253 e. The average Bonchev–Trinajstić information content (AvgIpc) is 2.55. The van der Waals surface area contributed by atoms with Gasteiger partial charge in [0.05, 0.1) is 0 Å². The van der Waals surface area contributed by atoms with Crippen LogP contribution in [0.5, 0.6) is 0 Å². The van der Waals surface area contributed by atoms with Crippen molar-refractivity contribution in [3.63, 3.8) is 0 Å². The fourth-order valence-corrected chi connectivity index (χ4v) is 3.32. The zero-order chi connectivity index (χ0) is 15.4. The molecule has 1 unspecified atom stereocenters. The van der Waals surface area contributed by atoms with Crippen molar-refractivity contribution < 1.29 is 4.79 Å². The van der Waals surface area contributed by atoms with Gasteiger partial charge in [0, 0.05) is 18.7 Å². The highest BCUT2D eigenvalue weighted by Crippen LogP contribution is 2.24. The summed E-state index contributed by atoms with van der Waals surface area (Å²) in [6.07, 6.45) is 10.5. The van der Waals surface area contributed by atoms with E-state index in [0.717, 1.165) is 37.9 Å². The topological polar surface area (TPSA) is 20.3 Å². The minimum absolute atomic E-state index is 0.213. The van der Waals surface area contributed by atoms with Gasteiger partial charge in [-0.1, -0.05) is 48.9 Å². The number of carbonyl (C=O) groups excluding carboxylic acids is 1. The lowest BCUT2D eigenvalue weighted by Gasteiger charge is -2.31. The van der Waals surface area contributed by atoms with Gasteiger partial charge in [-0.15, -0.1) is 0 Å². The van der Waals surface area contributed by atoms with Crippen molar-refractivity contribution in [2.24, 2.45) is 5.92 Å². The molecule has 2 aliphatic rings. The summed E-state index contributed by atoms with van der Waals surface area (Å²) >= 11 is 0. The summed E-state index contributed by atoms with van der Waals surface area (Å²) in [4.78, 5) is 14.7. The van der Waals surface area contributed by atoms with E-state index in [0.29, 0.717) is 5.92 Å². The Morgan fingerprint density at radius 1 is 1.27 bits per heavy atom. The Labute approximate surface area is 133 Å². The van der Waals surface area contributed by atoms with Crippen LogP contribution < -0.4 is 0 Å². The van der Waals surface area contributed by atoms with Gasteiger partial charge in [0.25, 0.3) is 5.91 Å². The van der Waals surface area contributed by atoms with Gasteiger partial charge >= 0.3 is 0 Å². The van der Waals surface area contributed by atoms with Crippen molar-refractivity contribution in [1.82, 2.24) is 4.90 Å². The number of carbonyl (C=O) groups is 1. The third-order valence-corrected chi connectivity index (χ3v) is 4.50. The highest BCUT2D eigenvalue weighted by Gasteiger charge is 2.23. The second-order valence-electron chi connectivity index (χ2n) is 6.48. The molecular weight excluding hydrogens is 270 g/mol. The second kappa shape index (κ2) is 6.95. The molecule has 1 radical (unpaired) electrons. The number of amides is 1. The molecule has 1 saturated heterocycles. The summed E-state index contributed by atoms with van der Waals surface area (Å²) in [7, 11) is 0. The van der Waals surface area contributed by atoms with E-state index in [2.05, 4.69) is 49.8 Å². The lowest BCUT2D eigenvalue weighted by atomic mass is 9.93. The number of rotatable bonds is 3. The van der Waals surface area contributed by atoms with Crippen LogP contribution in [0.3, 0.4) is 0 Å². The molecule has 1 aromatic rings. The first-order chi connectivity index (χ1) is 10.7. The van der Waals surface area contributed by atoms with E-state index in [1.54, 1.807) is 0 Å². The van der Waals surface area contributed by atoms with E-state index >= 15 is 0 Å². The SMILES string of the molecule is CC1CCCN(C(=O)C2=CC[CH]C(Cc3ccccc3)=C2)C1. The summed E-state index contributed by atoms with van der Waals surface area (Å²) in [6, 6.07) is 10.4. The summed E-state index contributed by atoms with van der Waals surface area (Å²) in [5.41, 5.74) is 3.43. The van der Waals surface area contributed by atoms with Crippen LogP contribution in [-0.4, -0.2) is 23.9 Å². The Bertz CT molecular complexity index is 585. The van der Waals surface area contributed by atoms with Gasteiger partial charge in [-0.05, 0) is 49.7 Å². The Morgan fingerprint density at radius 3 is 2.86 bits per heavy atom. The molecule has 1 fully saturated rings. The van der Waals surface area contributed by atoms with E-state index in [9.17, 15) is 4.79 Å². The maximum absolute atomic E-state index is 12.7. The molecule has 2 nitrogen and oxygen atoms in total. The van der Waals surface area contributed by atoms with Gasteiger partial charge in [-0.25, -0.2) is 0 Å². The van der Waals surface area contributed by atoms with Gasteiger partial charge in [0.1, 0.15) is 0 Å². The number of nitrogens with zero attached hydrogens (tertiary/aromatic N) is 1. The van der Waals surface area contributed by atoms with Crippen LogP contribution in [0.1, 0.15) is 31.7 Å². The molecule has 2 heteroatoms. The normalized spacial score (nSPS) is 22.0. The highest BCUT2D eigenvalue weighted by molar-refractivity contribution is 5.96. The van der Waals surface area contributed by atoms with Gasteiger partial charge in [-0.3, -0.25) is 4.79 Å². The van der Waals surface area contributed by atoms with Crippen LogP contribution in [0.25, 0.3) is 0 Å². The van der Waals surface area contributed by atoms with Crippen molar-refractivity contribution in [3.05, 3.63) is 65.6 Å². The molecule has 1 amide bonds. The molecule has 0 saturated carbocycles. The second-order valence-corrected chi connectivity index (χ2v) is 6.48. The molecule has 1 aliphatic carbocycles. The molecule has 0 bridgehead atoms. The largest absolute Gasteiger partial charge is 0.338 e. The maximum atomic E-state index is 12.7. The van der Waals surface area contributed by atoms with Crippen LogP contribution in [0.4, 0.5) is 0 Å². The van der Waals surface area contributed by atoms with Gasteiger partial charge in [-0.2, -0.15) is 0 Å². The Kier molecular flexibility index (Phi) is 4.77. The molecule has 0 N–H and O–H groups in total. The number of hydrogen-bond donors (Lipinski definition) is 0. The minimum Gasteiger partial charge on any atom is -0.338 e. The van der Waals surface area contributed by atoms with Crippen molar-refractivity contribution in [3.8, 4) is 0 Å². The smallest absolute Gasteiger partial charge is 0.253 e. The summed E-state index contributed by atoms with van der Waals surface area (Å²) in [6.45, 7) is 4.05. The van der Waals surface area contributed by atoms with E-state index in [1.807, 2.05) is 11.0 Å². The Hall–Kier alpha value is -1.83. The fourth-order valence-electron chi connectivity index (χ4n) is 3.32. The molecule has 1 atom stereocenters. The number of piperidine rings is 1. The zero-order valence-corrected chi connectivity index (χ0v) is 13.3. The monoisotopic (exact) mass is 294 g/mol. The van der Waals surface area contributed by atoms with Gasteiger partial charge < -0.3 is 4.90 Å². The third-order valence-electron chi connectivity index (χ3n) is 4.50. The third kappa shape index (κ3) is 3.68. The standard InChI is InChI=1S/C20H24NO/c1-16-7-6-12-21(15-16)20(22)19-11-5-10-18(14-19)13-17-8-3-2-4-9-17/h2-4,8-11,14,16H,5-7,12-13,15H2,1H3. The van der Waals surface area contributed by atoms with Crippen molar-refractivity contribution >= 4 is 5.91 Å². The number of benzene rings is 1. The van der Waals surface area contributed by atoms with Crippen LogP contribution >= 0.6 is 0 Å².